The van der Waals surface area contributed by atoms with E-state index in [0.29, 0.717) is 11.1 Å². The van der Waals surface area contributed by atoms with Crippen LogP contribution in [0, 0.1) is 11.6 Å². The fourth-order valence-corrected chi connectivity index (χ4v) is 3.97. The normalized spacial score (nSPS) is 15.3. The molecule has 4 amide bonds. The molecule has 1 saturated heterocycles. The van der Waals surface area contributed by atoms with E-state index < -0.39 is 23.7 Å². The second-order valence-electron chi connectivity index (χ2n) is 7.76. The monoisotopic (exact) mass is 457 g/mol. The molecule has 5 rings (SSSR count). The van der Waals surface area contributed by atoms with E-state index >= 15 is 0 Å². The molecular formula is C26H17F2N3O3. The second-order valence-corrected chi connectivity index (χ2v) is 7.76. The number of nitrogens with zero attached hydrogens (tertiary/aromatic N) is 2. The lowest BCUT2D eigenvalue weighted by Gasteiger charge is -2.26. The molecule has 1 fully saturated rings. The molecule has 0 aliphatic carbocycles. The van der Waals surface area contributed by atoms with Crippen LogP contribution in [0.3, 0.4) is 0 Å². The van der Waals surface area contributed by atoms with Gasteiger partial charge in [-0.25, -0.2) is 18.5 Å². The molecule has 0 atom stereocenters. The van der Waals surface area contributed by atoms with E-state index in [0.717, 1.165) is 27.9 Å². The van der Waals surface area contributed by atoms with Crippen molar-refractivity contribution in [2.24, 2.45) is 0 Å². The summed E-state index contributed by atoms with van der Waals surface area (Å²) in [5.41, 5.74) is 1.70. The fourth-order valence-electron chi connectivity index (χ4n) is 3.97. The fraction of sp³-hybridized carbons (Fsp3) is 0.0385. The number of halogens is 2. The number of carbonyl (C=O) groups is 3. The predicted octanol–water partition coefficient (Wildman–Crippen LogP) is 4.63. The lowest BCUT2D eigenvalue weighted by atomic mass is 10.1. The van der Waals surface area contributed by atoms with Crippen LogP contribution in [0.1, 0.15) is 11.1 Å². The topological polar surface area (TPSA) is 71.4 Å². The number of amides is 4. The van der Waals surface area contributed by atoms with Crippen LogP contribution in [-0.4, -0.2) is 22.4 Å². The molecule has 1 aliphatic rings. The van der Waals surface area contributed by atoms with Gasteiger partial charge in [0.2, 0.25) is 0 Å². The summed E-state index contributed by atoms with van der Waals surface area (Å²) in [6.07, 6.45) is 3.13. The molecule has 0 unspecified atom stereocenters. The van der Waals surface area contributed by atoms with E-state index in [1.54, 1.807) is 24.4 Å². The number of hydrogen-bond donors (Lipinski definition) is 1. The van der Waals surface area contributed by atoms with Crippen LogP contribution in [0.15, 0.2) is 84.6 Å². The van der Waals surface area contributed by atoms with Crippen molar-refractivity contribution in [1.29, 1.82) is 0 Å². The number of aromatic nitrogens is 1. The summed E-state index contributed by atoms with van der Waals surface area (Å²) < 4.78 is 29.4. The number of imide groups is 2. The first-order valence-corrected chi connectivity index (χ1v) is 10.4. The molecule has 2 heterocycles. The third-order valence-corrected chi connectivity index (χ3v) is 5.60. The first-order valence-electron chi connectivity index (χ1n) is 10.4. The summed E-state index contributed by atoms with van der Waals surface area (Å²) in [7, 11) is 0. The van der Waals surface area contributed by atoms with Crippen LogP contribution in [-0.2, 0) is 16.1 Å². The van der Waals surface area contributed by atoms with Gasteiger partial charge in [0.25, 0.3) is 11.8 Å². The number of urea groups is 1. The van der Waals surface area contributed by atoms with Crippen LogP contribution < -0.4 is 10.2 Å². The molecule has 1 aliphatic heterocycles. The van der Waals surface area contributed by atoms with Gasteiger partial charge in [0.05, 0.1) is 12.2 Å². The zero-order valence-corrected chi connectivity index (χ0v) is 17.7. The third kappa shape index (κ3) is 3.75. The number of hydrogen-bond acceptors (Lipinski definition) is 3. The number of anilines is 1. The van der Waals surface area contributed by atoms with Crippen LogP contribution in [0.4, 0.5) is 19.3 Å². The number of rotatable bonds is 4. The lowest BCUT2D eigenvalue weighted by molar-refractivity contribution is -0.122. The quantitative estimate of drug-likeness (QED) is 0.359. The average molecular weight is 457 g/mol. The zero-order valence-electron chi connectivity index (χ0n) is 17.7. The van der Waals surface area contributed by atoms with E-state index in [4.69, 9.17) is 0 Å². The zero-order chi connectivity index (χ0) is 23.8. The number of para-hydroxylation sites is 1. The maximum atomic E-state index is 14.2. The SMILES string of the molecule is O=C1NC(=O)N(c2ccc(F)cc2)C(=O)/C1=C\c1cn(Cc2ccccc2F)c2ccccc12. The van der Waals surface area contributed by atoms with Gasteiger partial charge < -0.3 is 4.57 Å². The molecule has 1 N–H and O–H groups in total. The highest BCUT2D eigenvalue weighted by molar-refractivity contribution is 6.39. The molecule has 6 nitrogen and oxygen atoms in total. The Kier molecular flexibility index (Phi) is 5.25. The first-order chi connectivity index (χ1) is 16.4. The van der Waals surface area contributed by atoms with Crippen LogP contribution in [0.25, 0.3) is 17.0 Å². The van der Waals surface area contributed by atoms with Crippen molar-refractivity contribution in [1.82, 2.24) is 9.88 Å². The molecule has 0 bridgehead atoms. The van der Waals surface area contributed by atoms with Gasteiger partial charge >= 0.3 is 6.03 Å². The van der Waals surface area contributed by atoms with Gasteiger partial charge in [0.15, 0.2) is 0 Å². The Balaban J connectivity index is 1.57. The van der Waals surface area contributed by atoms with Gasteiger partial charge in [-0.05, 0) is 42.5 Å². The van der Waals surface area contributed by atoms with Gasteiger partial charge in [-0.15, -0.1) is 0 Å². The highest BCUT2D eigenvalue weighted by atomic mass is 19.1. The van der Waals surface area contributed by atoms with Crippen molar-refractivity contribution in [2.45, 2.75) is 6.54 Å². The number of barbiturate groups is 1. The van der Waals surface area contributed by atoms with Crippen molar-refractivity contribution < 1.29 is 23.2 Å². The minimum atomic E-state index is -0.916. The second kappa shape index (κ2) is 8.40. The summed E-state index contributed by atoms with van der Waals surface area (Å²) in [6.45, 7) is 0.247. The molecule has 0 saturated carbocycles. The standard InChI is InChI=1S/C26H17F2N3O3/c27-18-9-11-19(12-10-18)31-25(33)21(24(32)29-26(31)34)13-17-15-30(23-8-4-2-6-20(17)23)14-16-5-1-3-7-22(16)28/h1-13,15H,14H2,(H,29,32,34)/b21-13-. The third-order valence-electron chi connectivity index (χ3n) is 5.60. The molecule has 1 aromatic heterocycles. The largest absolute Gasteiger partial charge is 0.342 e. The van der Waals surface area contributed by atoms with Crippen molar-refractivity contribution in [3.05, 3.63) is 107 Å². The van der Waals surface area contributed by atoms with Crippen molar-refractivity contribution in [3.63, 3.8) is 0 Å². The van der Waals surface area contributed by atoms with E-state index in [1.165, 1.54) is 24.3 Å². The summed E-state index contributed by atoms with van der Waals surface area (Å²) in [5, 5.41) is 2.90. The van der Waals surface area contributed by atoms with Gasteiger partial charge in [0, 0.05) is 28.2 Å². The van der Waals surface area contributed by atoms with Crippen LogP contribution in [0.5, 0.6) is 0 Å². The predicted molar refractivity (Wildman–Crippen MR) is 123 cm³/mol. The molecule has 34 heavy (non-hydrogen) atoms. The highest BCUT2D eigenvalue weighted by Gasteiger charge is 2.37. The molecular weight excluding hydrogens is 440 g/mol. The van der Waals surface area contributed by atoms with Gasteiger partial charge in [-0.3, -0.25) is 14.9 Å². The van der Waals surface area contributed by atoms with Gasteiger partial charge in [0.1, 0.15) is 17.2 Å². The molecule has 0 spiro atoms. The Labute approximate surface area is 192 Å². The Morgan fingerprint density at radius 1 is 0.853 bits per heavy atom. The van der Waals surface area contributed by atoms with Gasteiger partial charge in [-0.2, -0.15) is 0 Å². The smallest absolute Gasteiger partial charge is 0.335 e. The summed E-state index contributed by atoms with van der Waals surface area (Å²) >= 11 is 0. The summed E-state index contributed by atoms with van der Waals surface area (Å²) in [4.78, 5) is 38.9. The summed E-state index contributed by atoms with van der Waals surface area (Å²) in [6, 6.07) is 17.6. The maximum absolute atomic E-state index is 14.2. The minimum absolute atomic E-state index is 0.129. The Bertz CT molecular complexity index is 1490. The van der Waals surface area contributed by atoms with E-state index in [1.807, 2.05) is 28.8 Å². The highest BCUT2D eigenvalue weighted by Crippen LogP contribution is 2.27. The minimum Gasteiger partial charge on any atom is -0.342 e. The number of nitrogens with one attached hydrogen (secondary N) is 1. The van der Waals surface area contributed by atoms with Crippen molar-refractivity contribution in [2.75, 3.05) is 4.90 Å². The lowest BCUT2D eigenvalue weighted by Crippen LogP contribution is -2.54. The number of benzene rings is 3. The van der Waals surface area contributed by atoms with E-state index in [2.05, 4.69) is 5.32 Å². The van der Waals surface area contributed by atoms with Crippen LogP contribution in [0.2, 0.25) is 0 Å². The molecule has 168 valence electrons. The summed E-state index contributed by atoms with van der Waals surface area (Å²) in [5.74, 6) is -2.52. The molecule has 3 aromatic carbocycles. The first kappa shape index (κ1) is 21.3. The molecule has 4 aromatic rings. The average Bonchev–Trinajstić information content (AvgIpc) is 3.16. The number of fused-ring (bicyclic) bond motifs is 1. The number of carbonyl (C=O) groups excluding carboxylic acids is 3. The van der Waals surface area contributed by atoms with Crippen molar-refractivity contribution >= 4 is 40.5 Å². The molecule has 0 radical (unpaired) electrons. The van der Waals surface area contributed by atoms with E-state index in [9.17, 15) is 23.2 Å². The Hall–Kier alpha value is -4.59. The molecule has 8 heteroatoms. The van der Waals surface area contributed by atoms with Gasteiger partial charge in [-0.1, -0.05) is 36.4 Å². The Morgan fingerprint density at radius 2 is 1.56 bits per heavy atom. The Morgan fingerprint density at radius 3 is 2.32 bits per heavy atom. The van der Waals surface area contributed by atoms with Crippen LogP contribution >= 0.6 is 0 Å². The maximum Gasteiger partial charge on any atom is 0.335 e. The van der Waals surface area contributed by atoms with Crippen molar-refractivity contribution in [3.8, 4) is 0 Å². The van der Waals surface area contributed by atoms with E-state index in [-0.39, 0.29) is 23.6 Å².